The Morgan fingerprint density at radius 3 is 2.65 bits per heavy atom. The Labute approximate surface area is 118 Å². The molecular weight excluding hydrogens is 277 g/mol. The quantitative estimate of drug-likeness (QED) is 0.698. The third kappa shape index (κ3) is 3.92. The molecule has 0 saturated carbocycles. The van der Waals surface area contributed by atoms with Crippen LogP contribution in [0.1, 0.15) is 18.4 Å². The van der Waals surface area contributed by atoms with Crippen LogP contribution in [0.15, 0.2) is 30.3 Å². The van der Waals surface area contributed by atoms with Gasteiger partial charge in [-0.05, 0) is 31.4 Å². The van der Waals surface area contributed by atoms with Crippen molar-refractivity contribution in [1.29, 1.82) is 0 Å². The molecule has 1 aromatic carbocycles. The highest BCUT2D eigenvalue weighted by Crippen LogP contribution is 2.50. The summed E-state index contributed by atoms with van der Waals surface area (Å²) in [5, 5.41) is 12.3. The molecule has 5 nitrogen and oxygen atoms in total. The zero-order chi connectivity index (χ0) is 14.6. The van der Waals surface area contributed by atoms with Crippen molar-refractivity contribution in [1.82, 2.24) is 5.32 Å². The Balaban J connectivity index is 2.05. The van der Waals surface area contributed by atoms with Crippen molar-refractivity contribution in [3.8, 4) is 0 Å². The largest absolute Gasteiger partial charge is 0.481 e. The van der Waals surface area contributed by atoms with E-state index >= 15 is 0 Å². The molecule has 2 rings (SSSR count). The SMILES string of the molecule is O=C(O)[C@H](Cc1ccccc1)CP(=O)(O)[C@@H]1CCCN1. The van der Waals surface area contributed by atoms with Crippen LogP contribution in [0, 0.1) is 5.92 Å². The van der Waals surface area contributed by atoms with Gasteiger partial charge in [0.1, 0.15) is 0 Å². The first kappa shape index (κ1) is 15.2. The average molecular weight is 297 g/mol. The summed E-state index contributed by atoms with van der Waals surface area (Å²) in [5.74, 6) is -2.28. The number of carboxylic acids is 1. The highest BCUT2D eigenvalue weighted by molar-refractivity contribution is 7.58. The van der Waals surface area contributed by atoms with E-state index in [4.69, 9.17) is 0 Å². The molecule has 1 fully saturated rings. The van der Waals surface area contributed by atoms with Crippen molar-refractivity contribution in [2.24, 2.45) is 5.92 Å². The molecule has 0 aliphatic carbocycles. The van der Waals surface area contributed by atoms with E-state index in [1.807, 2.05) is 30.3 Å². The van der Waals surface area contributed by atoms with E-state index in [9.17, 15) is 19.4 Å². The number of hydrogen-bond acceptors (Lipinski definition) is 3. The maximum absolute atomic E-state index is 12.4. The first-order valence-electron chi connectivity index (χ1n) is 6.80. The van der Waals surface area contributed by atoms with Crippen LogP contribution in [-0.4, -0.2) is 34.5 Å². The fourth-order valence-corrected chi connectivity index (χ4v) is 4.75. The first-order chi connectivity index (χ1) is 9.49. The summed E-state index contributed by atoms with van der Waals surface area (Å²) in [4.78, 5) is 21.5. The normalized spacial score (nSPS) is 23.1. The maximum atomic E-state index is 12.4. The third-order valence-electron chi connectivity index (χ3n) is 3.68. The van der Waals surface area contributed by atoms with Crippen LogP contribution < -0.4 is 5.32 Å². The van der Waals surface area contributed by atoms with Crippen molar-refractivity contribution in [3.05, 3.63) is 35.9 Å². The van der Waals surface area contributed by atoms with Gasteiger partial charge in [-0.3, -0.25) is 9.36 Å². The molecule has 3 atom stereocenters. The lowest BCUT2D eigenvalue weighted by molar-refractivity contribution is -0.141. The minimum absolute atomic E-state index is 0.172. The molecule has 3 N–H and O–H groups in total. The van der Waals surface area contributed by atoms with E-state index in [1.165, 1.54) is 0 Å². The minimum atomic E-state index is -3.48. The number of nitrogens with one attached hydrogen (secondary N) is 1. The third-order valence-corrected chi connectivity index (χ3v) is 6.06. The fraction of sp³-hybridized carbons (Fsp3) is 0.500. The van der Waals surface area contributed by atoms with Crippen LogP contribution in [0.5, 0.6) is 0 Å². The number of carbonyl (C=O) groups is 1. The van der Waals surface area contributed by atoms with Crippen LogP contribution in [0.3, 0.4) is 0 Å². The summed E-state index contributed by atoms with van der Waals surface area (Å²) < 4.78 is 12.4. The Hall–Kier alpha value is -1.16. The molecular formula is C14H20NO4P. The van der Waals surface area contributed by atoms with Gasteiger partial charge in [0.05, 0.1) is 11.7 Å². The van der Waals surface area contributed by atoms with Crippen molar-refractivity contribution in [3.63, 3.8) is 0 Å². The number of hydrogen-bond donors (Lipinski definition) is 3. The van der Waals surface area contributed by atoms with Crippen molar-refractivity contribution >= 4 is 13.3 Å². The second-order valence-electron chi connectivity index (χ2n) is 5.28. The van der Waals surface area contributed by atoms with E-state index in [0.29, 0.717) is 6.42 Å². The van der Waals surface area contributed by atoms with Gasteiger partial charge in [0.15, 0.2) is 0 Å². The smallest absolute Gasteiger partial charge is 0.307 e. The van der Waals surface area contributed by atoms with Gasteiger partial charge < -0.3 is 15.3 Å². The molecule has 0 amide bonds. The summed E-state index contributed by atoms with van der Waals surface area (Å²) in [6.07, 6.45) is 1.62. The van der Waals surface area contributed by atoms with Gasteiger partial charge in [0.25, 0.3) is 0 Å². The van der Waals surface area contributed by atoms with Gasteiger partial charge in [-0.1, -0.05) is 30.3 Å². The number of carboxylic acid groups (broad SMARTS) is 1. The lowest BCUT2D eigenvalue weighted by Gasteiger charge is -2.22. The standard InChI is InChI=1S/C14H20NO4P/c16-14(17)12(9-11-5-2-1-3-6-11)10-20(18,19)13-7-4-8-15-13/h1-3,5-6,12-13,15H,4,7-10H2,(H,16,17)(H,18,19)/t12-,13-/m1/s1. The number of benzene rings is 1. The second kappa shape index (κ2) is 6.53. The summed E-state index contributed by atoms with van der Waals surface area (Å²) in [6.45, 7) is 0.728. The predicted molar refractivity (Wildman–Crippen MR) is 77.0 cm³/mol. The van der Waals surface area contributed by atoms with Crippen LogP contribution in [0.2, 0.25) is 0 Å². The monoisotopic (exact) mass is 297 g/mol. The molecule has 0 bridgehead atoms. The summed E-state index contributed by atoms with van der Waals surface area (Å²) in [6, 6.07) is 9.22. The predicted octanol–water partition coefficient (Wildman–Crippen LogP) is 1.91. The van der Waals surface area contributed by atoms with Gasteiger partial charge in [-0.2, -0.15) is 0 Å². The van der Waals surface area contributed by atoms with Crippen LogP contribution in [0.4, 0.5) is 0 Å². The first-order valence-corrected chi connectivity index (χ1v) is 8.72. The van der Waals surface area contributed by atoms with Gasteiger partial charge in [0, 0.05) is 6.16 Å². The molecule has 0 spiro atoms. The molecule has 1 saturated heterocycles. The van der Waals surface area contributed by atoms with Crippen molar-refractivity contribution in [2.45, 2.75) is 25.0 Å². The van der Waals surface area contributed by atoms with Crippen LogP contribution in [-0.2, 0) is 15.8 Å². The van der Waals surface area contributed by atoms with Crippen LogP contribution in [0.25, 0.3) is 0 Å². The topological polar surface area (TPSA) is 86.6 Å². The molecule has 1 aliphatic heterocycles. The van der Waals surface area contributed by atoms with Crippen molar-refractivity contribution < 1.29 is 19.4 Å². The Bertz CT molecular complexity index is 499. The fourth-order valence-electron chi connectivity index (χ4n) is 2.58. The minimum Gasteiger partial charge on any atom is -0.481 e. The van der Waals surface area contributed by atoms with E-state index in [-0.39, 0.29) is 12.6 Å². The lowest BCUT2D eigenvalue weighted by atomic mass is 10.0. The molecule has 0 radical (unpaired) electrons. The van der Waals surface area contributed by atoms with E-state index in [2.05, 4.69) is 5.32 Å². The molecule has 20 heavy (non-hydrogen) atoms. The average Bonchev–Trinajstić information content (AvgIpc) is 2.93. The molecule has 1 aromatic rings. The lowest BCUT2D eigenvalue weighted by Crippen LogP contribution is -2.28. The Morgan fingerprint density at radius 1 is 1.40 bits per heavy atom. The zero-order valence-electron chi connectivity index (χ0n) is 11.2. The van der Waals surface area contributed by atoms with Gasteiger partial charge in [-0.25, -0.2) is 0 Å². The summed E-state index contributed by atoms with van der Waals surface area (Å²) in [7, 11) is -3.48. The van der Waals surface area contributed by atoms with E-state index in [0.717, 1.165) is 18.5 Å². The highest BCUT2D eigenvalue weighted by atomic mass is 31.2. The van der Waals surface area contributed by atoms with E-state index in [1.54, 1.807) is 0 Å². The second-order valence-corrected chi connectivity index (χ2v) is 7.77. The highest BCUT2D eigenvalue weighted by Gasteiger charge is 2.37. The Kier molecular flexibility index (Phi) is 4.97. The molecule has 1 heterocycles. The van der Waals surface area contributed by atoms with E-state index < -0.39 is 25.0 Å². The maximum Gasteiger partial charge on any atom is 0.307 e. The van der Waals surface area contributed by atoms with Gasteiger partial charge in [-0.15, -0.1) is 0 Å². The summed E-state index contributed by atoms with van der Waals surface area (Å²) >= 11 is 0. The van der Waals surface area contributed by atoms with Gasteiger partial charge >= 0.3 is 5.97 Å². The molecule has 6 heteroatoms. The molecule has 1 aliphatic rings. The van der Waals surface area contributed by atoms with Gasteiger partial charge in [0.2, 0.25) is 7.37 Å². The number of rotatable bonds is 6. The summed E-state index contributed by atoms with van der Waals surface area (Å²) in [5.41, 5.74) is 0.874. The van der Waals surface area contributed by atoms with Crippen molar-refractivity contribution in [2.75, 3.05) is 12.7 Å². The van der Waals surface area contributed by atoms with Crippen LogP contribution >= 0.6 is 7.37 Å². The number of aliphatic carboxylic acids is 1. The molecule has 110 valence electrons. The Morgan fingerprint density at radius 2 is 2.10 bits per heavy atom. The zero-order valence-corrected chi connectivity index (χ0v) is 12.1. The molecule has 0 aromatic heterocycles. The molecule has 1 unspecified atom stereocenters.